The van der Waals surface area contributed by atoms with Crippen LogP contribution in [0.1, 0.15) is 12.5 Å². The van der Waals surface area contributed by atoms with Crippen molar-refractivity contribution in [1.82, 2.24) is 20.2 Å². The fraction of sp³-hybridized carbons (Fsp3) is 0.158. The number of ether oxygens (including phenoxy) is 1. The van der Waals surface area contributed by atoms with E-state index in [1.54, 1.807) is 13.0 Å². The fourth-order valence-electron chi connectivity index (χ4n) is 2.98. The van der Waals surface area contributed by atoms with Gasteiger partial charge in [0.15, 0.2) is 0 Å². The molecule has 2 aromatic carbocycles. The molecule has 0 aliphatic carbocycles. The minimum atomic E-state index is -0.569. The molecule has 8 heteroatoms. The zero-order valence-electron chi connectivity index (χ0n) is 14.8. The summed E-state index contributed by atoms with van der Waals surface area (Å²) in [6, 6.07) is 11.2. The summed E-state index contributed by atoms with van der Waals surface area (Å²) < 4.78 is 4.85. The molecule has 136 valence electrons. The number of H-pyrrole nitrogens is 2. The second kappa shape index (κ2) is 6.56. The number of carbonyl (C=O) groups is 1. The lowest BCUT2D eigenvalue weighted by Crippen LogP contribution is -2.14. The Morgan fingerprint density at radius 3 is 2.85 bits per heavy atom. The molecule has 0 spiro atoms. The average Bonchev–Trinajstić information content (AvgIpc) is 3.03. The molecule has 2 aromatic heterocycles. The third kappa shape index (κ3) is 3.12. The Kier molecular flexibility index (Phi) is 4.08. The number of aromatic amines is 2. The number of rotatable bonds is 3. The third-order valence-electron chi connectivity index (χ3n) is 4.20. The molecule has 0 saturated heterocycles. The summed E-state index contributed by atoms with van der Waals surface area (Å²) in [5.74, 6) is 0.302. The molecule has 0 radical (unpaired) electrons. The molecule has 1 amide bonds. The lowest BCUT2D eigenvalue weighted by molar-refractivity contribution is 0.167. The number of amides is 1. The highest BCUT2D eigenvalue weighted by molar-refractivity contribution is 5.96. The Morgan fingerprint density at radius 1 is 1.19 bits per heavy atom. The number of benzene rings is 2. The molecule has 4 aromatic rings. The van der Waals surface area contributed by atoms with Gasteiger partial charge in [-0.3, -0.25) is 10.1 Å². The van der Waals surface area contributed by atoms with Crippen molar-refractivity contribution >= 4 is 33.8 Å². The molecule has 0 fully saturated rings. The average molecular weight is 363 g/mol. The quantitative estimate of drug-likeness (QED) is 0.517. The molecule has 27 heavy (non-hydrogen) atoms. The van der Waals surface area contributed by atoms with Crippen LogP contribution < -0.4 is 10.9 Å². The van der Waals surface area contributed by atoms with Crippen molar-refractivity contribution < 1.29 is 9.53 Å². The van der Waals surface area contributed by atoms with Crippen LogP contribution in [0.5, 0.6) is 0 Å². The molecule has 4 rings (SSSR count). The highest BCUT2D eigenvalue weighted by Crippen LogP contribution is 2.28. The number of anilines is 1. The Balaban J connectivity index is 1.80. The summed E-state index contributed by atoms with van der Waals surface area (Å²) in [5.41, 5.74) is 3.73. The van der Waals surface area contributed by atoms with E-state index >= 15 is 0 Å². The predicted octanol–water partition coefficient (Wildman–Crippen LogP) is 3.34. The van der Waals surface area contributed by atoms with Gasteiger partial charge in [0.1, 0.15) is 0 Å². The van der Waals surface area contributed by atoms with Gasteiger partial charge in [-0.1, -0.05) is 17.7 Å². The van der Waals surface area contributed by atoms with Crippen molar-refractivity contribution in [3.8, 4) is 11.3 Å². The summed E-state index contributed by atoms with van der Waals surface area (Å²) in [7, 11) is 0. The van der Waals surface area contributed by atoms with Gasteiger partial charge >= 0.3 is 6.09 Å². The lowest BCUT2D eigenvalue weighted by Gasteiger charge is -2.06. The molecule has 0 aliphatic heterocycles. The highest BCUT2D eigenvalue weighted by Gasteiger charge is 2.12. The smallest absolute Gasteiger partial charge is 0.413 e. The Bertz CT molecular complexity index is 1230. The normalized spacial score (nSPS) is 11.0. The minimum absolute atomic E-state index is 0.225. The first kappa shape index (κ1) is 16.8. The second-order valence-corrected chi connectivity index (χ2v) is 6.11. The molecule has 0 aliphatic rings. The van der Waals surface area contributed by atoms with Crippen LogP contribution in [-0.2, 0) is 4.74 Å². The van der Waals surface area contributed by atoms with Gasteiger partial charge in [0.25, 0.3) is 5.56 Å². The summed E-state index contributed by atoms with van der Waals surface area (Å²) in [4.78, 5) is 31.0. The number of fused-ring (bicyclic) bond motifs is 2. The van der Waals surface area contributed by atoms with Crippen molar-refractivity contribution in [1.29, 1.82) is 0 Å². The third-order valence-corrected chi connectivity index (χ3v) is 4.20. The van der Waals surface area contributed by atoms with Crippen molar-refractivity contribution in [2.45, 2.75) is 13.8 Å². The largest absolute Gasteiger partial charge is 0.450 e. The SMILES string of the molecule is CCOC(=O)Nc1nc2ccc(-c3n[nH]c(=O)c4ccc(C)cc34)cc2[nH]1. The van der Waals surface area contributed by atoms with E-state index in [1.165, 1.54) is 0 Å². The van der Waals surface area contributed by atoms with Gasteiger partial charge in [-0.15, -0.1) is 0 Å². The number of hydrogen-bond acceptors (Lipinski definition) is 5. The second-order valence-electron chi connectivity index (χ2n) is 6.11. The monoisotopic (exact) mass is 363 g/mol. The number of aromatic nitrogens is 4. The molecular formula is C19H17N5O3. The lowest BCUT2D eigenvalue weighted by atomic mass is 10.0. The van der Waals surface area contributed by atoms with Gasteiger partial charge in [-0.2, -0.15) is 5.10 Å². The zero-order chi connectivity index (χ0) is 19.0. The molecule has 3 N–H and O–H groups in total. The molecule has 0 unspecified atom stereocenters. The standard InChI is InChI=1S/C19H17N5O3/c1-3-27-19(26)22-18-20-14-7-5-11(9-15(14)21-18)16-13-8-10(2)4-6-12(13)17(25)24-23-16/h4-9H,3H2,1-2H3,(H,24,25)(H2,20,21,22,26). The van der Waals surface area contributed by atoms with E-state index in [-0.39, 0.29) is 12.2 Å². The number of hydrogen-bond donors (Lipinski definition) is 3. The van der Waals surface area contributed by atoms with E-state index in [0.29, 0.717) is 22.5 Å². The van der Waals surface area contributed by atoms with Crippen molar-refractivity contribution in [2.75, 3.05) is 11.9 Å². The first-order valence-corrected chi connectivity index (χ1v) is 8.48. The van der Waals surface area contributed by atoms with Crippen LogP contribution >= 0.6 is 0 Å². The molecule has 0 atom stereocenters. The van der Waals surface area contributed by atoms with Gasteiger partial charge in [0.05, 0.1) is 28.7 Å². The van der Waals surface area contributed by atoms with Crippen LogP contribution in [0, 0.1) is 6.92 Å². The highest BCUT2D eigenvalue weighted by atomic mass is 16.5. The molecule has 0 saturated carbocycles. The Hall–Kier alpha value is -3.68. The number of nitrogens with one attached hydrogen (secondary N) is 3. The van der Waals surface area contributed by atoms with Crippen molar-refractivity contribution in [3.05, 3.63) is 52.3 Å². The number of aryl methyl sites for hydroxylation is 1. The molecule has 8 nitrogen and oxygen atoms in total. The van der Waals surface area contributed by atoms with Crippen molar-refractivity contribution in [2.24, 2.45) is 0 Å². The van der Waals surface area contributed by atoms with E-state index in [2.05, 4.69) is 25.5 Å². The maximum absolute atomic E-state index is 12.1. The van der Waals surface area contributed by atoms with Gasteiger partial charge in [0, 0.05) is 10.9 Å². The van der Waals surface area contributed by atoms with E-state index in [0.717, 1.165) is 22.0 Å². The van der Waals surface area contributed by atoms with E-state index in [9.17, 15) is 9.59 Å². The summed E-state index contributed by atoms with van der Waals surface area (Å²) >= 11 is 0. The Labute approximate surface area is 153 Å². The number of carbonyl (C=O) groups excluding carboxylic acids is 1. The zero-order valence-corrected chi connectivity index (χ0v) is 14.8. The topological polar surface area (TPSA) is 113 Å². The van der Waals surface area contributed by atoms with Gasteiger partial charge in [0.2, 0.25) is 5.95 Å². The summed E-state index contributed by atoms with van der Waals surface area (Å²) in [6.07, 6.45) is -0.569. The summed E-state index contributed by atoms with van der Waals surface area (Å²) in [5, 5.41) is 10.7. The van der Waals surface area contributed by atoms with Gasteiger partial charge < -0.3 is 9.72 Å². The molecule has 2 heterocycles. The van der Waals surface area contributed by atoms with E-state index in [1.807, 2.05) is 37.3 Å². The van der Waals surface area contributed by atoms with Gasteiger partial charge in [-0.05, 0) is 38.1 Å². The van der Waals surface area contributed by atoms with Crippen LogP contribution in [0.25, 0.3) is 33.1 Å². The van der Waals surface area contributed by atoms with E-state index in [4.69, 9.17) is 4.74 Å². The first-order valence-electron chi connectivity index (χ1n) is 8.48. The van der Waals surface area contributed by atoms with Crippen LogP contribution in [0.3, 0.4) is 0 Å². The van der Waals surface area contributed by atoms with Crippen LogP contribution in [0.15, 0.2) is 41.2 Å². The molecule has 0 bridgehead atoms. The fourth-order valence-corrected chi connectivity index (χ4v) is 2.98. The number of imidazole rings is 1. The predicted molar refractivity (Wildman–Crippen MR) is 103 cm³/mol. The van der Waals surface area contributed by atoms with Crippen LogP contribution in [0.4, 0.5) is 10.7 Å². The van der Waals surface area contributed by atoms with Crippen LogP contribution in [-0.4, -0.2) is 32.9 Å². The summed E-state index contributed by atoms with van der Waals surface area (Å²) in [6.45, 7) is 3.98. The number of nitrogens with zero attached hydrogens (tertiary/aromatic N) is 2. The maximum atomic E-state index is 12.1. The van der Waals surface area contributed by atoms with Gasteiger partial charge in [-0.25, -0.2) is 14.9 Å². The van der Waals surface area contributed by atoms with E-state index < -0.39 is 6.09 Å². The first-order chi connectivity index (χ1) is 13.0. The van der Waals surface area contributed by atoms with Crippen LogP contribution in [0.2, 0.25) is 0 Å². The Morgan fingerprint density at radius 2 is 2.04 bits per heavy atom. The maximum Gasteiger partial charge on any atom is 0.413 e. The minimum Gasteiger partial charge on any atom is -0.450 e. The molecular weight excluding hydrogens is 346 g/mol. The van der Waals surface area contributed by atoms with Crippen molar-refractivity contribution in [3.63, 3.8) is 0 Å².